The first-order valence-electron chi connectivity index (χ1n) is 14.2. The maximum atomic E-state index is 14.4. The lowest BCUT2D eigenvalue weighted by Gasteiger charge is -2.44. The fourth-order valence-corrected chi connectivity index (χ4v) is 9.31. The number of carbonyl (C=O) groups is 4. The number of allylic oxidation sites excluding steroid dienone is 2. The van der Waals surface area contributed by atoms with Crippen molar-refractivity contribution in [3.05, 3.63) is 87.9 Å². The summed E-state index contributed by atoms with van der Waals surface area (Å²) in [5.74, 6) is -4.83. The van der Waals surface area contributed by atoms with Crippen LogP contribution in [0.25, 0.3) is 0 Å². The summed E-state index contributed by atoms with van der Waals surface area (Å²) in [5.41, 5.74) is 2.53. The van der Waals surface area contributed by atoms with Gasteiger partial charge in [-0.1, -0.05) is 11.6 Å². The highest BCUT2D eigenvalue weighted by Gasteiger charge is 2.62. The molecular formula is C33H24Br2I2N2O6. The second-order valence-electron chi connectivity index (χ2n) is 11.6. The third kappa shape index (κ3) is 4.83. The van der Waals surface area contributed by atoms with Crippen LogP contribution in [0.2, 0.25) is 0 Å². The zero-order valence-corrected chi connectivity index (χ0v) is 31.0. The third-order valence-corrected chi connectivity index (χ3v) is 13.1. The summed E-state index contributed by atoms with van der Waals surface area (Å²) in [6.45, 7) is 0. The molecule has 0 unspecified atom stereocenters. The Bertz CT molecular complexity index is 1830. The van der Waals surface area contributed by atoms with Gasteiger partial charge >= 0.3 is 0 Å². The molecule has 2 heterocycles. The van der Waals surface area contributed by atoms with Crippen LogP contribution in [-0.4, -0.2) is 35.8 Å². The number of ether oxygens (including phenoxy) is 1. The highest BCUT2D eigenvalue weighted by atomic mass is 127. The minimum absolute atomic E-state index is 0.103. The van der Waals surface area contributed by atoms with Crippen LogP contribution in [-0.2, 0) is 19.2 Å². The van der Waals surface area contributed by atoms with Crippen molar-refractivity contribution in [1.29, 1.82) is 0 Å². The molecule has 1 saturated carbocycles. The predicted octanol–water partition coefficient (Wildman–Crippen LogP) is 7.18. The van der Waals surface area contributed by atoms with E-state index in [1.165, 1.54) is 16.9 Å². The Morgan fingerprint density at radius 1 is 0.756 bits per heavy atom. The van der Waals surface area contributed by atoms with Gasteiger partial charge in [-0.3, -0.25) is 29.0 Å². The van der Waals surface area contributed by atoms with Gasteiger partial charge in [0.2, 0.25) is 23.6 Å². The lowest BCUT2D eigenvalue weighted by molar-refractivity contribution is -0.126. The van der Waals surface area contributed by atoms with E-state index in [4.69, 9.17) is 4.74 Å². The zero-order chi connectivity index (χ0) is 31.9. The van der Waals surface area contributed by atoms with E-state index in [-0.39, 0.29) is 41.5 Å². The molecule has 45 heavy (non-hydrogen) atoms. The number of benzene rings is 3. The number of fused-ring (bicyclic) bond motifs is 4. The van der Waals surface area contributed by atoms with Crippen molar-refractivity contribution in [3.63, 3.8) is 0 Å². The van der Waals surface area contributed by atoms with E-state index in [1.807, 2.05) is 30.3 Å². The Labute approximate surface area is 303 Å². The van der Waals surface area contributed by atoms with Crippen molar-refractivity contribution >= 4 is 112 Å². The van der Waals surface area contributed by atoms with Crippen LogP contribution >= 0.6 is 77.0 Å². The molecule has 0 spiro atoms. The predicted molar refractivity (Wildman–Crippen MR) is 191 cm³/mol. The summed E-state index contributed by atoms with van der Waals surface area (Å²) in [6, 6.07) is 16.2. The molecule has 3 aromatic carbocycles. The van der Waals surface area contributed by atoms with Gasteiger partial charge in [0.1, 0.15) is 0 Å². The summed E-state index contributed by atoms with van der Waals surface area (Å²) in [4.78, 5) is 59.1. The number of aromatic hydroxyl groups is 1. The van der Waals surface area contributed by atoms with Crippen LogP contribution in [0.1, 0.15) is 24.3 Å². The molecule has 0 radical (unpaired) electrons. The minimum atomic E-state index is -0.757. The van der Waals surface area contributed by atoms with E-state index >= 15 is 0 Å². The van der Waals surface area contributed by atoms with Crippen LogP contribution in [0.15, 0.2) is 75.2 Å². The monoisotopic (exact) mass is 956 g/mol. The summed E-state index contributed by atoms with van der Waals surface area (Å²) < 4.78 is 8.33. The van der Waals surface area contributed by atoms with Gasteiger partial charge in [-0.25, -0.2) is 0 Å². The second kappa shape index (κ2) is 11.7. The average molecular weight is 958 g/mol. The molecule has 0 bridgehead atoms. The quantitative estimate of drug-likeness (QED) is 0.169. The lowest BCUT2D eigenvalue weighted by atomic mass is 9.57. The Morgan fingerprint density at radius 3 is 1.84 bits per heavy atom. The van der Waals surface area contributed by atoms with Gasteiger partial charge in [-0.15, -0.1) is 0 Å². The fraction of sp³-hybridized carbons (Fsp3) is 0.273. The molecular weight excluding hydrogens is 934 g/mol. The maximum Gasteiger partial charge on any atom is 0.238 e. The topological polar surface area (TPSA) is 104 Å². The van der Waals surface area contributed by atoms with Crippen molar-refractivity contribution in [2.75, 3.05) is 16.9 Å². The maximum absolute atomic E-state index is 14.4. The van der Waals surface area contributed by atoms with Crippen molar-refractivity contribution in [3.8, 4) is 11.5 Å². The molecule has 6 atom stereocenters. The largest absolute Gasteiger partial charge is 0.503 e. The number of carbonyl (C=O) groups excluding carboxylic acids is 4. The normalized spacial score (nSPS) is 27.4. The van der Waals surface area contributed by atoms with E-state index in [2.05, 4.69) is 77.0 Å². The van der Waals surface area contributed by atoms with Crippen LogP contribution in [0, 0.1) is 36.7 Å². The first-order chi connectivity index (χ1) is 21.5. The van der Waals surface area contributed by atoms with E-state index < -0.39 is 35.5 Å². The summed E-state index contributed by atoms with van der Waals surface area (Å²) in [7, 11) is 1.45. The van der Waals surface area contributed by atoms with E-state index in [1.54, 1.807) is 30.3 Å². The first-order valence-corrected chi connectivity index (χ1v) is 18.0. The van der Waals surface area contributed by atoms with Gasteiger partial charge in [-0.05, 0) is 156 Å². The van der Waals surface area contributed by atoms with Crippen molar-refractivity contribution in [2.45, 2.75) is 18.8 Å². The molecule has 1 N–H and O–H groups in total. The van der Waals surface area contributed by atoms with Crippen LogP contribution in [0.4, 0.5) is 11.4 Å². The highest BCUT2D eigenvalue weighted by molar-refractivity contribution is 14.1. The average Bonchev–Trinajstić information content (AvgIpc) is 3.44. The Hall–Kier alpha value is -2.30. The van der Waals surface area contributed by atoms with Crippen LogP contribution in [0.3, 0.4) is 0 Å². The number of rotatable bonds is 4. The SMILES string of the molecule is COc1cc([C@H]2C3=CC[C@@H]4C(=O)N(c5ccc(I)cc5)C(=O)[C@@H]4[C@@H]3C[C@H]3C(=O)N(c4ccc(I)cc4)C(=O)[C@@H]23)c(Br)c(Br)c1O. The van der Waals surface area contributed by atoms with Gasteiger partial charge in [0.05, 0.1) is 46.6 Å². The zero-order valence-electron chi connectivity index (χ0n) is 23.5. The number of anilines is 2. The Balaban J connectivity index is 1.38. The van der Waals surface area contributed by atoms with Gasteiger partial charge in [0.15, 0.2) is 11.5 Å². The van der Waals surface area contributed by atoms with Gasteiger partial charge < -0.3 is 9.84 Å². The van der Waals surface area contributed by atoms with E-state index in [0.29, 0.717) is 32.3 Å². The van der Waals surface area contributed by atoms with Crippen LogP contribution in [0.5, 0.6) is 11.5 Å². The summed E-state index contributed by atoms with van der Waals surface area (Å²) in [5, 5.41) is 10.7. The molecule has 4 amide bonds. The first kappa shape index (κ1) is 31.3. The summed E-state index contributed by atoms with van der Waals surface area (Å²) in [6.07, 6.45) is 2.61. The molecule has 4 aliphatic rings. The highest BCUT2D eigenvalue weighted by Crippen LogP contribution is 2.60. The number of phenolic OH excluding ortho intramolecular Hbond substituents is 1. The Kier molecular flexibility index (Phi) is 8.17. The molecule has 230 valence electrons. The standard InChI is InChI=1S/C33H24Br2I2N2O6/c1-45-23-13-21(27(34)28(35)29(23)40)24-18-10-11-19-25(32(43)38(30(19)41)16-6-2-14(36)3-7-16)20(18)12-22-26(24)33(44)39(31(22)42)17-8-4-15(37)5-9-17/h2-10,13,19-20,22,24-26,40H,11-12H2,1H3/t19-,20+,22+,24+,25-,26+/m0/s1. The van der Waals surface area contributed by atoms with Gasteiger partial charge in [0, 0.05) is 17.5 Å². The van der Waals surface area contributed by atoms with Crippen molar-refractivity contribution < 1.29 is 29.0 Å². The van der Waals surface area contributed by atoms with E-state index in [0.717, 1.165) is 12.7 Å². The number of phenols is 1. The number of amides is 4. The number of nitrogens with zero attached hydrogens (tertiary/aromatic N) is 2. The molecule has 7 rings (SSSR count). The van der Waals surface area contributed by atoms with Gasteiger partial charge in [0.25, 0.3) is 0 Å². The number of hydrogen-bond donors (Lipinski definition) is 1. The van der Waals surface area contributed by atoms with Gasteiger partial charge in [-0.2, -0.15) is 0 Å². The molecule has 12 heteroatoms. The van der Waals surface area contributed by atoms with Crippen LogP contribution < -0.4 is 14.5 Å². The van der Waals surface area contributed by atoms with Crippen molar-refractivity contribution in [1.82, 2.24) is 0 Å². The number of methoxy groups -OCH3 is 1. The second-order valence-corrected chi connectivity index (χ2v) is 15.7. The Morgan fingerprint density at radius 2 is 1.29 bits per heavy atom. The number of halogens is 4. The molecule has 2 aliphatic heterocycles. The molecule has 3 fully saturated rings. The van der Waals surface area contributed by atoms with E-state index in [9.17, 15) is 24.3 Å². The molecule has 2 saturated heterocycles. The number of imide groups is 2. The van der Waals surface area contributed by atoms with Crippen molar-refractivity contribution in [2.24, 2.45) is 29.6 Å². The molecule has 2 aliphatic carbocycles. The third-order valence-electron chi connectivity index (χ3n) is 9.55. The molecule has 0 aromatic heterocycles. The lowest BCUT2D eigenvalue weighted by Crippen LogP contribution is -2.43. The minimum Gasteiger partial charge on any atom is -0.503 e. The molecule has 8 nitrogen and oxygen atoms in total. The fourth-order valence-electron chi connectivity index (χ4n) is 7.62. The number of hydrogen-bond acceptors (Lipinski definition) is 6. The molecule has 3 aromatic rings. The summed E-state index contributed by atoms with van der Waals surface area (Å²) >= 11 is 11.5. The smallest absolute Gasteiger partial charge is 0.238 e.